The van der Waals surface area contributed by atoms with Gasteiger partial charge in [0.25, 0.3) is 5.89 Å². The van der Waals surface area contributed by atoms with Gasteiger partial charge in [-0.2, -0.15) is 4.98 Å². The van der Waals surface area contributed by atoms with E-state index in [0.717, 1.165) is 15.8 Å². The van der Waals surface area contributed by atoms with Crippen molar-refractivity contribution in [3.63, 3.8) is 0 Å². The maximum atomic E-state index is 5.79. The molecule has 3 rings (SSSR count). The van der Waals surface area contributed by atoms with Crippen molar-refractivity contribution in [3.05, 3.63) is 59.2 Å². The number of rotatable bonds is 4. The lowest BCUT2D eigenvalue weighted by atomic mass is 10.2. The van der Waals surface area contributed by atoms with Gasteiger partial charge in [0.1, 0.15) is 5.75 Å². The van der Waals surface area contributed by atoms with Crippen molar-refractivity contribution in [1.29, 1.82) is 0 Å². The summed E-state index contributed by atoms with van der Waals surface area (Å²) >= 11 is 3.41. The SMILES string of the molecule is C[C@@H](Oc1cccc(Br)c1)c1nc(-c2ccncc2)no1. The Morgan fingerprint density at radius 2 is 2.00 bits per heavy atom. The summed E-state index contributed by atoms with van der Waals surface area (Å²) in [4.78, 5) is 8.32. The van der Waals surface area contributed by atoms with Crippen LogP contribution in [0.1, 0.15) is 18.9 Å². The quantitative estimate of drug-likeness (QED) is 0.714. The van der Waals surface area contributed by atoms with E-state index in [1.165, 1.54) is 0 Å². The lowest BCUT2D eigenvalue weighted by molar-refractivity contribution is 0.175. The van der Waals surface area contributed by atoms with E-state index in [2.05, 4.69) is 31.1 Å². The highest BCUT2D eigenvalue weighted by Crippen LogP contribution is 2.25. The molecule has 0 amide bonds. The van der Waals surface area contributed by atoms with Crippen molar-refractivity contribution in [1.82, 2.24) is 15.1 Å². The predicted molar refractivity (Wildman–Crippen MR) is 80.7 cm³/mol. The molecule has 21 heavy (non-hydrogen) atoms. The first kappa shape index (κ1) is 13.8. The molecule has 2 heterocycles. The largest absolute Gasteiger partial charge is 0.481 e. The standard InChI is InChI=1S/C15H12BrN3O2/c1-10(20-13-4-2-3-12(16)9-13)15-18-14(19-21-15)11-5-7-17-8-6-11/h2-10H,1H3/t10-/m1/s1. The molecule has 0 bridgehead atoms. The summed E-state index contributed by atoms with van der Waals surface area (Å²) in [5, 5.41) is 3.96. The molecule has 0 saturated carbocycles. The van der Waals surface area contributed by atoms with Gasteiger partial charge in [-0.3, -0.25) is 4.98 Å². The van der Waals surface area contributed by atoms with Gasteiger partial charge >= 0.3 is 0 Å². The number of halogens is 1. The van der Waals surface area contributed by atoms with E-state index < -0.39 is 0 Å². The number of hydrogen-bond acceptors (Lipinski definition) is 5. The van der Waals surface area contributed by atoms with E-state index in [1.54, 1.807) is 12.4 Å². The zero-order valence-electron chi connectivity index (χ0n) is 11.2. The Bertz CT molecular complexity index is 731. The van der Waals surface area contributed by atoms with E-state index in [9.17, 15) is 0 Å². The third-order valence-electron chi connectivity index (χ3n) is 2.84. The molecule has 1 aromatic carbocycles. The highest BCUT2D eigenvalue weighted by molar-refractivity contribution is 9.10. The second-order valence-electron chi connectivity index (χ2n) is 4.41. The third-order valence-corrected chi connectivity index (χ3v) is 3.33. The van der Waals surface area contributed by atoms with Crippen LogP contribution in [-0.2, 0) is 0 Å². The fourth-order valence-electron chi connectivity index (χ4n) is 1.81. The van der Waals surface area contributed by atoms with E-state index in [1.807, 2.05) is 43.3 Å². The zero-order chi connectivity index (χ0) is 14.7. The number of hydrogen-bond donors (Lipinski definition) is 0. The summed E-state index contributed by atoms with van der Waals surface area (Å²) in [6.45, 7) is 1.87. The van der Waals surface area contributed by atoms with Crippen LogP contribution < -0.4 is 4.74 Å². The topological polar surface area (TPSA) is 61.0 Å². The molecule has 106 valence electrons. The maximum Gasteiger partial charge on any atom is 0.267 e. The van der Waals surface area contributed by atoms with E-state index in [0.29, 0.717) is 11.7 Å². The van der Waals surface area contributed by atoms with E-state index in [4.69, 9.17) is 9.26 Å². The van der Waals surface area contributed by atoms with Crippen molar-refractivity contribution in [2.45, 2.75) is 13.0 Å². The molecule has 0 spiro atoms. The van der Waals surface area contributed by atoms with Crippen LogP contribution in [0.5, 0.6) is 5.75 Å². The van der Waals surface area contributed by atoms with Gasteiger partial charge < -0.3 is 9.26 Å². The second kappa shape index (κ2) is 6.05. The normalized spacial score (nSPS) is 12.1. The summed E-state index contributed by atoms with van der Waals surface area (Å²) in [6.07, 6.45) is 3.04. The Labute approximate surface area is 130 Å². The molecule has 0 saturated heterocycles. The molecule has 5 nitrogen and oxygen atoms in total. The number of benzene rings is 1. The molecule has 0 aliphatic rings. The predicted octanol–water partition coefficient (Wildman–Crippen LogP) is 4.03. The highest BCUT2D eigenvalue weighted by Gasteiger charge is 2.16. The van der Waals surface area contributed by atoms with Crippen LogP contribution in [0.4, 0.5) is 0 Å². The van der Waals surface area contributed by atoms with Crippen LogP contribution >= 0.6 is 15.9 Å². The van der Waals surface area contributed by atoms with Gasteiger partial charge in [0.15, 0.2) is 6.10 Å². The smallest absolute Gasteiger partial charge is 0.267 e. The van der Waals surface area contributed by atoms with Gasteiger partial charge in [0.05, 0.1) is 0 Å². The molecule has 0 radical (unpaired) electrons. The maximum absolute atomic E-state index is 5.79. The molecular formula is C15H12BrN3O2. The van der Waals surface area contributed by atoms with Crippen LogP contribution in [0.3, 0.4) is 0 Å². The van der Waals surface area contributed by atoms with Gasteiger partial charge in [-0.05, 0) is 37.3 Å². The van der Waals surface area contributed by atoms with Crippen LogP contribution in [0.15, 0.2) is 57.8 Å². The molecular weight excluding hydrogens is 334 g/mol. The van der Waals surface area contributed by atoms with Crippen molar-refractivity contribution < 1.29 is 9.26 Å². The van der Waals surface area contributed by atoms with Gasteiger partial charge in [-0.1, -0.05) is 27.2 Å². The molecule has 1 atom stereocenters. The van der Waals surface area contributed by atoms with Gasteiger partial charge in [0, 0.05) is 22.4 Å². The van der Waals surface area contributed by atoms with Crippen LogP contribution in [0, 0.1) is 0 Å². The Balaban J connectivity index is 1.77. The minimum Gasteiger partial charge on any atom is -0.481 e. The molecule has 0 aliphatic heterocycles. The molecule has 2 aromatic heterocycles. The van der Waals surface area contributed by atoms with Crippen LogP contribution in [0.25, 0.3) is 11.4 Å². The van der Waals surface area contributed by atoms with Gasteiger partial charge in [-0.25, -0.2) is 0 Å². The zero-order valence-corrected chi connectivity index (χ0v) is 12.8. The number of aromatic nitrogens is 3. The Morgan fingerprint density at radius 1 is 1.19 bits per heavy atom. The van der Waals surface area contributed by atoms with Gasteiger partial charge in [0.2, 0.25) is 5.82 Å². The van der Waals surface area contributed by atoms with E-state index in [-0.39, 0.29) is 6.10 Å². The molecule has 0 fully saturated rings. The molecule has 6 heteroatoms. The summed E-state index contributed by atoms with van der Waals surface area (Å²) < 4.78 is 12.0. The van der Waals surface area contributed by atoms with Crippen molar-refractivity contribution >= 4 is 15.9 Å². The average Bonchev–Trinajstić information content (AvgIpc) is 2.98. The van der Waals surface area contributed by atoms with E-state index >= 15 is 0 Å². The summed E-state index contributed by atoms with van der Waals surface area (Å²) in [5.74, 6) is 1.69. The minimum atomic E-state index is -0.331. The highest BCUT2D eigenvalue weighted by atomic mass is 79.9. The van der Waals surface area contributed by atoms with Crippen molar-refractivity contribution in [3.8, 4) is 17.1 Å². The lowest BCUT2D eigenvalue weighted by Crippen LogP contribution is -2.03. The lowest BCUT2D eigenvalue weighted by Gasteiger charge is -2.10. The summed E-state index contributed by atoms with van der Waals surface area (Å²) in [7, 11) is 0. The number of pyridine rings is 1. The molecule has 0 N–H and O–H groups in total. The molecule has 0 aliphatic carbocycles. The van der Waals surface area contributed by atoms with Crippen LogP contribution in [0.2, 0.25) is 0 Å². The Morgan fingerprint density at radius 3 is 2.76 bits per heavy atom. The fourth-order valence-corrected chi connectivity index (χ4v) is 2.19. The van der Waals surface area contributed by atoms with Crippen molar-refractivity contribution in [2.24, 2.45) is 0 Å². The first-order chi connectivity index (χ1) is 10.2. The van der Waals surface area contributed by atoms with Crippen molar-refractivity contribution in [2.75, 3.05) is 0 Å². The first-order valence-corrected chi connectivity index (χ1v) is 7.18. The van der Waals surface area contributed by atoms with Gasteiger partial charge in [-0.15, -0.1) is 0 Å². The minimum absolute atomic E-state index is 0.331. The number of ether oxygens (including phenoxy) is 1. The Kier molecular flexibility index (Phi) is 3.96. The Hall–Kier alpha value is -2.21. The average molecular weight is 346 g/mol. The summed E-state index contributed by atoms with van der Waals surface area (Å²) in [6, 6.07) is 11.3. The monoisotopic (exact) mass is 345 g/mol. The number of nitrogens with zero attached hydrogens (tertiary/aromatic N) is 3. The summed E-state index contributed by atoms with van der Waals surface area (Å²) in [5.41, 5.74) is 0.856. The van der Waals surface area contributed by atoms with Crippen LogP contribution in [-0.4, -0.2) is 15.1 Å². The molecule has 0 unspecified atom stereocenters. The molecule has 3 aromatic rings. The third kappa shape index (κ3) is 3.28. The fraction of sp³-hybridized carbons (Fsp3) is 0.133. The first-order valence-electron chi connectivity index (χ1n) is 6.38. The second-order valence-corrected chi connectivity index (χ2v) is 5.33.